The van der Waals surface area contributed by atoms with Crippen LogP contribution in [0.15, 0.2) is 28.7 Å². The van der Waals surface area contributed by atoms with E-state index in [0.717, 1.165) is 30.7 Å². The van der Waals surface area contributed by atoms with Crippen LogP contribution in [-0.4, -0.2) is 39.4 Å². The summed E-state index contributed by atoms with van der Waals surface area (Å²) in [6.45, 7) is 3.61. The SMILES string of the molecule is CNCC1CN(c2ccccc2Br)CCO1. The zero-order chi connectivity index (χ0) is 11.4. The molecule has 2 rings (SSSR count). The molecule has 0 bridgehead atoms. The lowest BCUT2D eigenvalue weighted by Gasteiger charge is -2.35. The van der Waals surface area contributed by atoms with Crippen molar-refractivity contribution in [2.24, 2.45) is 0 Å². The Morgan fingerprint density at radius 2 is 2.31 bits per heavy atom. The van der Waals surface area contributed by atoms with E-state index in [1.807, 2.05) is 13.1 Å². The summed E-state index contributed by atoms with van der Waals surface area (Å²) in [6, 6.07) is 8.34. The van der Waals surface area contributed by atoms with Crippen LogP contribution in [-0.2, 0) is 4.74 Å². The molecule has 1 heterocycles. The van der Waals surface area contributed by atoms with Crippen molar-refractivity contribution in [3.63, 3.8) is 0 Å². The van der Waals surface area contributed by atoms with Crippen LogP contribution in [0.3, 0.4) is 0 Å². The predicted octanol–water partition coefficient (Wildman–Crippen LogP) is 1.87. The maximum absolute atomic E-state index is 5.69. The molecular weight excluding hydrogens is 268 g/mol. The number of halogens is 1. The summed E-state index contributed by atoms with van der Waals surface area (Å²) in [7, 11) is 1.96. The number of hydrogen-bond acceptors (Lipinski definition) is 3. The summed E-state index contributed by atoms with van der Waals surface area (Å²) in [6.07, 6.45) is 0.283. The van der Waals surface area contributed by atoms with Crippen LogP contribution in [0.1, 0.15) is 0 Å². The molecule has 0 aromatic heterocycles. The molecule has 16 heavy (non-hydrogen) atoms. The van der Waals surface area contributed by atoms with Crippen LogP contribution in [0.4, 0.5) is 5.69 Å². The van der Waals surface area contributed by atoms with Crippen LogP contribution in [0.2, 0.25) is 0 Å². The molecular formula is C12H17BrN2O. The highest BCUT2D eigenvalue weighted by atomic mass is 79.9. The van der Waals surface area contributed by atoms with E-state index in [0.29, 0.717) is 0 Å². The fraction of sp³-hybridized carbons (Fsp3) is 0.500. The number of nitrogens with zero attached hydrogens (tertiary/aromatic N) is 1. The number of benzene rings is 1. The van der Waals surface area contributed by atoms with Gasteiger partial charge in [0.25, 0.3) is 0 Å². The van der Waals surface area contributed by atoms with Crippen molar-refractivity contribution in [1.82, 2.24) is 5.32 Å². The highest BCUT2D eigenvalue weighted by molar-refractivity contribution is 9.10. The summed E-state index contributed by atoms with van der Waals surface area (Å²) >= 11 is 3.59. The maximum Gasteiger partial charge on any atom is 0.0874 e. The van der Waals surface area contributed by atoms with Crippen LogP contribution in [0.5, 0.6) is 0 Å². The molecule has 0 radical (unpaired) electrons. The molecule has 1 unspecified atom stereocenters. The van der Waals surface area contributed by atoms with Crippen molar-refractivity contribution in [2.75, 3.05) is 38.2 Å². The van der Waals surface area contributed by atoms with Crippen LogP contribution in [0, 0.1) is 0 Å². The topological polar surface area (TPSA) is 24.5 Å². The van der Waals surface area contributed by atoms with Gasteiger partial charge in [-0.05, 0) is 35.1 Å². The minimum absolute atomic E-state index is 0.283. The number of hydrogen-bond donors (Lipinski definition) is 1. The second-order valence-electron chi connectivity index (χ2n) is 3.95. The molecule has 4 heteroatoms. The number of rotatable bonds is 3. The van der Waals surface area contributed by atoms with Gasteiger partial charge in [0.05, 0.1) is 18.4 Å². The van der Waals surface area contributed by atoms with E-state index in [9.17, 15) is 0 Å². The van der Waals surface area contributed by atoms with E-state index in [-0.39, 0.29) is 6.10 Å². The first-order valence-corrected chi connectivity index (χ1v) is 6.36. The standard InChI is InChI=1S/C12H17BrN2O/c1-14-8-10-9-15(6-7-16-10)12-5-3-2-4-11(12)13/h2-5,10,14H,6-9H2,1H3. The Balaban J connectivity index is 2.07. The summed E-state index contributed by atoms with van der Waals surface area (Å²) < 4.78 is 6.84. The summed E-state index contributed by atoms with van der Waals surface area (Å²) in [4.78, 5) is 2.37. The second-order valence-corrected chi connectivity index (χ2v) is 4.80. The van der Waals surface area contributed by atoms with Crippen molar-refractivity contribution in [3.8, 4) is 0 Å². The van der Waals surface area contributed by atoms with Crippen LogP contribution < -0.4 is 10.2 Å². The molecule has 0 amide bonds. The van der Waals surface area contributed by atoms with Crippen molar-refractivity contribution >= 4 is 21.6 Å². The average molecular weight is 285 g/mol. The zero-order valence-corrected chi connectivity index (χ0v) is 11.0. The second kappa shape index (κ2) is 5.66. The van der Waals surface area contributed by atoms with E-state index < -0.39 is 0 Å². The Bertz CT molecular complexity index is 344. The lowest BCUT2D eigenvalue weighted by Crippen LogP contribution is -2.46. The van der Waals surface area contributed by atoms with Gasteiger partial charge >= 0.3 is 0 Å². The molecule has 1 saturated heterocycles. The molecule has 88 valence electrons. The van der Waals surface area contributed by atoms with E-state index in [1.54, 1.807) is 0 Å². The number of nitrogens with one attached hydrogen (secondary N) is 1. The fourth-order valence-corrected chi connectivity index (χ4v) is 2.53. The lowest BCUT2D eigenvalue weighted by atomic mass is 10.2. The minimum atomic E-state index is 0.283. The highest BCUT2D eigenvalue weighted by Crippen LogP contribution is 2.26. The number of likely N-dealkylation sites (N-methyl/N-ethyl adjacent to an activating group) is 1. The van der Waals surface area contributed by atoms with Gasteiger partial charge in [-0.15, -0.1) is 0 Å². The summed E-state index contributed by atoms with van der Waals surface area (Å²) in [5.74, 6) is 0. The predicted molar refractivity (Wildman–Crippen MR) is 70.0 cm³/mol. The van der Waals surface area contributed by atoms with Crippen molar-refractivity contribution in [3.05, 3.63) is 28.7 Å². The smallest absolute Gasteiger partial charge is 0.0874 e. The van der Waals surface area contributed by atoms with Gasteiger partial charge in [0.2, 0.25) is 0 Å². The Labute approximate surface area is 105 Å². The molecule has 0 spiro atoms. The molecule has 1 aromatic carbocycles. The van der Waals surface area contributed by atoms with E-state index in [4.69, 9.17) is 4.74 Å². The van der Waals surface area contributed by atoms with Gasteiger partial charge in [-0.3, -0.25) is 0 Å². The molecule has 1 aliphatic heterocycles. The largest absolute Gasteiger partial charge is 0.373 e. The van der Waals surface area contributed by atoms with Gasteiger partial charge in [-0.25, -0.2) is 0 Å². The first-order valence-electron chi connectivity index (χ1n) is 5.57. The third-order valence-electron chi connectivity index (χ3n) is 2.76. The Morgan fingerprint density at radius 3 is 3.06 bits per heavy atom. The average Bonchev–Trinajstić information content (AvgIpc) is 2.30. The normalized spacial score (nSPS) is 21.1. The van der Waals surface area contributed by atoms with Gasteiger partial charge < -0.3 is 15.0 Å². The van der Waals surface area contributed by atoms with Crippen LogP contribution >= 0.6 is 15.9 Å². The quantitative estimate of drug-likeness (QED) is 0.917. The first kappa shape index (κ1) is 11.9. The number of anilines is 1. The summed E-state index contributed by atoms with van der Waals surface area (Å²) in [5, 5.41) is 3.16. The summed E-state index contributed by atoms with van der Waals surface area (Å²) in [5.41, 5.74) is 1.26. The number of morpholine rings is 1. The van der Waals surface area contributed by atoms with E-state index in [1.165, 1.54) is 5.69 Å². The van der Waals surface area contributed by atoms with E-state index in [2.05, 4.69) is 44.3 Å². The van der Waals surface area contributed by atoms with Gasteiger partial charge in [0, 0.05) is 24.1 Å². The number of para-hydroxylation sites is 1. The van der Waals surface area contributed by atoms with Crippen molar-refractivity contribution in [2.45, 2.75) is 6.10 Å². The lowest BCUT2D eigenvalue weighted by molar-refractivity contribution is 0.0421. The molecule has 0 saturated carbocycles. The Kier molecular flexibility index (Phi) is 4.21. The zero-order valence-electron chi connectivity index (χ0n) is 9.45. The monoisotopic (exact) mass is 284 g/mol. The molecule has 1 fully saturated rings. The Hall–Kier alpha value is -0.580. The van der Waals surface area contributed by atoms with Crippen molar-refractivity contribution < 1.29 is 4.74 Å². The Morgan fingerprint density at radius 1 is 1.50 bits per heavy atom. The van der Waals surface area contributed by atoms with Gasteiger partial charge in [0.1, 0.15) is 0 Å². The van der Waals surface area contributed by atoms with Gasteiger partial charge in [0.15, 0.2) is 0 Å². The third-order valence-corrected chi connectivity index (χ3v) is 3.43. The molecule has 1 aromatic rings. The first-order chi connectivity index (χ1) is 7.81. The highest BCUT2D eigenvalue weighted by Gasteiger charge is 2.20. The molecule has 1 atom stereocenters. The number of ether oxygens (including phenoxy) is 1. The minimum Gasteiger partial charge on any atom is -0.373 e. The van der Waals surface area contributed by atoms with Gasteiger partial charge in [-0.2, -0.15) is 0 Å². The van der Waals surface area contributed by atoms with Gasteiger partial charge in [-0.1, -0.05) is 12.1 Å². The molecule has 1 N–H and O–H groups in total. The molecule has 3 nitrogen and oxygen atoms in total. The fourth-order valence-electron chi connectivity index (χ4n) is 2.00. The van der Waals surface area contributed by atoms with E-state index >= 15 is 0 Å². The van der Waals surface area contributed by atoms with Crippen molar-refractivity contribution in [1.29, 1.82) is 0 Å². The van der Waals surface area contributed by atoms with Crippen LogP contribution in [0.25, 0.3) is 0 Å². The third kappa shape index (κ3) is 2.75. The maximum atomic E-state index is 5.69. The molecule has 1 aliphatic rings. The molecule has 0 aliphatic carbocycles.